The standard InChI is InChI=1S/C18H23N3O4/c1-12-7-14(20-25-12)10-21-5-4-13-8-16(24-17(13)11-21)18(22)19-9-15-3-2-6-23-15/h2-3,6-7,13,16-17H,4-5,8-11H2,1H3,(H,19,22)/t13-,16-,17+/m0/s1. The maximum atomic E-state index is 12.3. The number of hydrogen-bond donors (Lipinski definition) is 1. The van der Waals surface area contributed by atoms with E-state index < -0.39 is 0 Å². The van der Waals surface area contributed by atoms with E-state index in [2.05, 4.69) is 15.4 Å². The van der Waals surface area contributed by atoms with Gasteiger partial charge in [-0.1, -0.05) is 5.16 Å². The van der Waals surface area contributed by atoms with Crippen molar-refractivity contribution in [2.75, 3.05) is 13.1 Å². The number of likely N-dealkylation sites (tertiary alicyclic amines) is 1. The van der Waals surface area contributed by atoms with Gasteiger partial charge >= 0.3 is 0 Å². The summed E-state index contributed by atoms with van der Waals surface area (Å²) in [6.45, 7) is 4.89. The number of fused-ring (bicyclic) bond motifs is 1. The molecule has 2 aliphatic rings. The lowest BCUT2D eigenvalue weighted by atomic mass is 9.91. The highest BCUT2D eigenvalue weighted by Gasteiger charge is 2.41. The van der Waals surface area contributed by atoms with Crippen molar-refractivity contribution in [3.63, 3.8) is 0 Å². The Bertz CT molecular complexity index is 712. The molecule has 0 aromatic carbocycles. The molecule has 7 nitrogen and oxygen atoms in total. The van der Waals surface area contributed by atoms with Gasteiger partial charge in [-0.15, -0.1) is 0 Å². The number of amides is 1. The highest BCUT2D eigenvalue weighted by Crippen LogP contribution is 2.33. The SMILES string of the molecule is Cc1cc(CN2CC[C@H]3C[C@@H](C(=O)NCc4ccco4)O[C@@H]3C2)no1. The minimum atomic E-state index is -0.362. The van der Waals surface area contributed by atoms with Crippen LogP contribution in [0.3, 0.4) is 0 Å². The number of piperidine rings is 1. The second kappa shape index (κ2) is 7.01. The van der Waals surface area contributed by atoms with Crippen LogP contribution in [0.1, 0.15) is 30.1 Å². The van der Waals surface area contributed by atoms with E-state index in [1.807, 2.05) is 25.1 Å². The van der Waals surface area contributed by atoms with Crippen LogP contribution in [0.5, 0.6) is 0 Å². The molecule has 25 heavy (non-hydrogen) atoms. The fourth-order valence-corrected chi connectivity index (χ4v) is 3.73. The number of nitrogens with zero attached hydrogens (tertiary/aromatic N) is 2. The summed E-state index contributed by atoms with van der Waals surface area (Å²) in [5.41, 5.74) is 0.946. The van der Waals surface area contributed by atoms with Crippen LogP contribution in [-0.4, -0.2) is 41.3 Å². The summed E-state index contributed by atoms with van der Waals surface area (Å²) in [7, 11) is 0. The number of ether oxygens (including phenoxy) is 1. The predicted molar refractivity (Wildman–Crippen MR) is 88.5 cm³/mol. The molecule has 4 heterocycles. The second-order valence-electron chi connectivity index (χ2n) is 6.91. The molecule has 0 radical (unpaired) electrons. The molecular formula is C18H23N3O4. The molecule has 7 heteroatoms. The van der Waals surface area contributed by atoms with Crippen molar-refractivity contribution in [1.82, 2.24) is 15.4 Å². The van der Waals surface area contributed by atoms with Crippen molar-refractivity contribution < 1.29 is 18.5 Å². The fourth-order valence-electron chi connectivity index (χ4n) is 3.73. The van der Waals surface area contributed by atoms with E-state index in [0.29, 0.717) is 12.5 Å². The maximum absolute atomic E-state index is 12.3. The summed E-state index contributed by atoms with van der Waals surface area (Å²) >= 11 is 0. The van der Waals surface area contributed by atoms with Crippen LogP contribution in [0.2, 0.25) is 0 Å². The first kappa shape index (κ1) is 16.4. The van der Waals surface area contributed by atoms with E-state index in [-0.39, 0.29) is 18.1 Å². The molecule has 2 aromatic heterocycles. The zero-order chi connectivity index (χ0) is 17.2. The van der Waals surface area contributed by atoms with Crippen molar-refractivity contribution in [2.45, 2.75) is 45.1 Å². The Morgan fingerprint density at radius 3 is 3.16 bits per heavy atom. The Morgan fingerprint density at radius 2 is 2.40 bits per heavy atom. The Balaban J connectivity index is 1.28. The summed E-state index contributed by atoms with van der Waals surface area (Å²) in [4.78, 5) is 14.7. The molecule has 2 aliphatic heterocycles. The van der Waals surface area contributed by atoms with E-state index in [1.165, 1.54) is 0 Å². The molecule has 2 aromatic rings. The Morgan fingerprint density at radius 1 is 1.48 bits per heavy atom. The third-order valence-electron chi connectivity index (χ3n) is 5.01. The summed E-state index contributed by atoms with van der Waals surface area (Å²) in [5, 5.41) is 6.95. The molecule has 0 saturated carbocycles. The lowest BCUT2D eigenvalue weighted by molar-refractivity contribution is -0.133. The topological polar surface area (TPSA) is 80.7 Å². The van der Waals surface area contributed by atoms with Gasteiger partial charge in [-0.25, -0.2) is 0 Å². The number of rotatable bonds is 5. The van der Waals surface area contributed by atoms with E-state index in [4.69, 9.17) is 13.7 Å². The van der Waals surface area contributed by atoms with Gasteiger partial charge in [-0.2, -0.15) is 0 Å². The van der Waals surface area contributed by atoms with Crippen molar-refractivity contribution in [3.05, 3.63) is 41.7 Å². The number of aryl methyl sites for hydroxylation is 1. The molecule has 0 spiro atoms. The van der Waals surface area contributed by atoms with Gasteiger partial charge in [0.15, 0.2) is 0 Å². The van der Waals surface area contributed by atoms with E-state index >= 15 is 0 Å². The Hall–Kier alpha value is -2.12. The highest BCUT2D eigenvalue weighted by atomic mass is 16.5. The van der Waals surface area contributed by atoms with Gasteiger partial charge < -0.3 is 19.0 Å². The van der Waals surface area contributed by atoms with Gasteiger partial charge in [0.05, 0.1) is 24.6 Å². The Kier molecular flexibility index (Phi) is 4.59. The third-order valence-corrected chi connectivity index (χ3v) is 5.01. The summed E-state index contributed by atoms with van der Waals surface area (Å²) in [6.07, 6.45) is 3.20. The van der Waals surface area contributed by atoms with Crippen molar-refractivity contribution in [2.24, 2.45) is 5.92 Å². The number of furan rings is 1. The predicted octanol–water partition coefficient (Wildman–Crippen LogP) is 1.87. The van der Waals surface area contributed by atoms with Gasteiger partial charge in [0, 0.05) is 19.2 Å². The first-order chi connectivity index (χ1) is 12.2. The number of hydrogen-bond acceptors (Lipinski definition) is 6. The second-order valence-corrected chi connectivity index (χ2v) is 6.91. The Labute approximate surface area is 146 Å². The quantitative estimate of drug-likeness (QED) is 0.891. The molecule has 134 valence electrons. The van der Waals surface area contributed by atoms with E-state index in [1.54, 1.807) is 6.26 Å². The van der Waals surface area contributed by atoms with E-state index in [0.717, 1.165) is 49.7 Å². The van der Waals surface area contributed by atoms with Crippen LogP contribution in [0, 0.1) is 12.8 Å². The van der Waals surface area contributed by atoms with Crippen LogP contribution < -0.4 is 5.32 Å². The highest BCUT2D eigenvalue weighted by molar-refractivity contribution is 5.81. The van der Waals surface area contributed by atoms with Crippen molar-refractivity contribution >= 4 is 5.91 Å². The molecule has 3 atom stereocenters. The van der Waals surface area contributed by atoms with Crippen LogP contribution in [0.25, 0.3) is 0 Å². The summed E-state index contributed by atoms with van der Waals surface area (Å²) < 4.78 is 16.4. The molecule has 0 bridgehead atoms. The summed E-state index contributed by atoms with van der Waals surface area (Å²) in [5.74, 6) is 1.98. The number of nitrogens with one attached hydrogen (secondary N) is 1. The van der Waals surface area contributed by atoms with Gasteiger partial charge in [-0.05, 0) is 44.4 Å². The average Bonchev–Trinajstić information content (AvgIpc) is 3.33. The van der Waals surface area contributed by atoms with Gasteiger partial charge in [0.2, 0.25) is 5.91 Å². The number of carbonyl (C=O) groups is 1. The first-order valence-corrected chi connectivity index (χ1v) is 8.77. The molecule has 2 fully saturated rings. The monoisotopic (exact) mass is 345 g/mol. The fraction of sp³-hybridized carbons (Fsp3) is 0.556. The van der Waals surface area contributed by atoms with Gasteiger partial charge in [0.25, 0.3) is 0 Å². The molecule has 0 aliphatic carbocycles. The largest absolute Gasteiger partial charge is 0.467 e. The summed E-state index contributed by atoms with van der Waals surface area (Å²) in [6, 6.07) is 5.62. The van der Waals surface area contributed by atoms with Gasteiger partial charge in [0.1, 0.15) is 17.6 Å². The number of carbonyl (C=O) groups excluding carboxylic acids is 1. The van der Waals surface area contributed by atoms with Crippen LogP contribution in [-0.2, 0) is 22.6 Å². The van der Waals surface area contributed by atoms with Crippen LogP contribution >= 0.6 is 0 Å². The van der Waals surface area contributed by atoms with Gasteiger partial charge in [-0.3, -0.25) is 9.69 Å². The minimum absolute atomic E-state index is 0.0514. The molecule has 2 saturated heterocycles. The van der Waals surface area contributed by atoms with Crippen LogP contribution in [0.4, 0.5) is 0 Å². The molecule has 1 N–H and O–H groups in total. The molecule has 4 rings (SSSR count). The maximum Gasteiger partial charge on any atom is 0.249 e. The lowest BCUT2D eigenvalue weighted by Crippen LogP contribution is -2.42. The normalized spacial score (nSPS) is 26.5. The smallest absolute Gasteiger partial charge is 0.249 e. The zero-order valence-corrected chi connectivity index (χ0v) is 14.3. The van der Waals surface area contributed by atoms with Crippen molar-refractivity contribution in [3.8, 4) is 0 Å². The minimum Gasteiger partial charge on any atom is -0.467 e. The number of aromatic nitrogens is 1. The van der Waals surface area contributed by atoms with E-state index in [9.17, 15) is 4.79 Å². The first-order valence-electron chi connectivity index (χ1n) is 8.77. The zero-order valence-electron chi connectivity index (χ0n) is 14.3. The third kappa shape index (κ3) is 3.77. The molecule has 1 amide bonds. The van der Waals surface area contributed by atoms with Crippen LogP contribution in [0.15, 0.2) is 33.4 Å². The molecule has 0 unspecified atom stereocenters. The lowest BCUT2D eigenvalue weighted by Gasteiger charge is -2.33. The van der Waals surface area contributed by atoms with Crippen molar-refractivity contribution in [1.29, 1.82) is 0 Å². The average molecular weight is 345 g/mol. The molecular weight excluding hydrogens is 322 g/mol.